The zero-order chi connectivity index (χ0) is 12.7. The molecule has 1 atom stereocenters. The lowest BCUT2D eigenvalue weighted by Gasteiger charge is -2.25. The van der Waals surface area contributed by atoms with Crippen molar-refractivity contribution in [2.24, 2.45) is 0 Å². The van der Waals surface area contributed by atoms with Crippen LogP contribution in [0.25, 0.3) is 0 Å². The van der Waals surface area contributed by atoms with Crippen molar-refractivity contribution in [1.29, 1.82) is 0 Å². The Balaban J connectivity index is 2.58. The van der Waals surface area contributed by atoms with E-state index in [1.807, 2.05) is 31.7 Å². The molecule has 0 aliphatic heterocycles. The van der Waals surface area contributed by atoms with Crippen LogP contribution in [0.1, 0.15) is 19.4 Å². The normalized spacial score (nSPS) is 14.1. The Kier molecular flexibility index (Phi) is 5.38. The van der Waals surface area contributed by atoms with E-state index in [1.165, 1.54) is 12.5 Å². The molecule has 94 valence electrons. The Labute approximate surface area is 104 Å². The van der Waals surface area contributed by atoms with Gasteiger partial charge in [0.2, 0.25) is 0 Å². The van der Waals surface area contributed by atoms with E-state index in [-0.39, 0.29) is 5.97 Å². The van der Waals surface area contributed by atoms with Crippen LogP contribution in [0.3, 0.4) is 0 Å². The Morgan fingerprint density at radius 1 is 1.29 bits per heavy atom. The molecule has 0 radical (unpaired) electrons. The summed E-state index contributed by atoms with van der Waals surface area (Å²) in [5.74, 6) is -0.249. The molecule has 0 aliphatic carbocycles. The molecular formula is C13H20O3Si. The molecule has 1 aromatic carbocycles. The van der Waals surface area contributed by atoms with Crippen molar-refractivity contribution in [2.45, 2.75) is 32.9 Å². The number of hydrogen-bond donors (Lipinski definition) is 0. The first-order valence-corrected chi connectivity index (χ1v) is 8.45. The lowest BCUT2D eigenvalue weighted by Crippen LogP contribution is -2.40. The van der Waals surface area contributed by atoms with Gasteiger partial charge in [0.1, 0.15) is 0 Å². The molecule has 1 aromatic rings. The summed E-state index contributed by atoms with van der Waals surface area (Å²) in [4.78, 5) is 11.1. The van der Waals surface area contributed by atoms with Crippen molar-refractivity contribution in [2.75, 3.05) is 6.61 Å². The largest absolute Gasteiger partial charge is 0.494 e. The van der Waals surface area contributed by atoms with Gasteiger partial charge in [0.25, 0.3) is 5.97 Å². The van der Waals surface area contributed by atoms with E-state index in [1.54, 1.807) is 0 Å². The molecule has 0 N–H and O–H groups in total. The van der Waals surface area contributed by atoms with E-state index in [9.17, 15) is 4.79 Å². The smallest absolute Gasteiger partial charge is 0.398 e. The molecule has 0 amide bonds. The van der Waals surface area contributed by atoms with Gasteiger partial charge in [-0.25, -0.2) is 0 Å². The predicted molar refractivity (Wildman–Crippen MR) is 70.0 cm³/mol. The fourth-order valence-corrected chi connectivity index (χ4v) is 4.04. The molecule has 0 aromatic heterocycles. The molecule has 17 heavy (non-hydrogen) atoms. The van der Waals surface area contributed by atoms with Gasteiger partial charge in [-0.3, -0.25) is 4.79 Å². The van der Waals surface area contributed by atoms with Gasteiger partial charge in [0.05, 0.1) is 0 Å². The minimum Gasteiger partial charge on any atom is -0.494 e. The lowest BCUT2D eigenvalue weighted by atomic mass is 10.2. The van der Waals surface area contributed by atoms with E-state index < -0.39 is 8.56 Å². The Bertz CT molecular complexity index is 353. The predicted octanol–water partition coefficient (Wildman–Crippen LogP) is 2.90. The van der Waals surface area contributed by atoms with Gasteiger partial charge < -0.3 is 8.85 Å². The highest BCUT2D eigenvalue weighted by molar-refractivity contribution is 6.67. The molecule has 0 saturated heterocycles. The van der Waals surface area contributed by atoms with E-state index in [4.69, 9.17) is 8.85 Å². The highest BCUT2D eigenvalue weighted by atomic mass is 28.4. The summed E-state index contributed by atoms with van der Waals surface area (Å²) in [6, 6.07) is 11.0. The minimum atomic E-state index is -2.34. The molecule has 0 saturated carbocycles. The van der Waals surface area contributed by atoms with Crippen LogP contribution in [0, 0.1) is 0 Å². The molecule has 4 heteroatoms. The summed E-state index contributed by atoms with van der Waals surface area (Å²) >= 11 is 0. The standard InChI is InChI=1S/C13H20O3Si/c1-4-15-17(3,16-12(2)14)11-10-13-8-6-5-7-9-13/h5-9H,4,10-11H2,1-3H3. The molecule has 0 bridgehead atoms. The molecule has 0 aliphatic rings. The molecule has 3 nitrogen and oxygen atoms in total. The van der Waals surface area contributed by atoms with Crippen LogP contribution in [0.2, 0.25) is 12.6 Å². The monoisotopic (exact) mass is 252 g/mol. The third-order valence-corrected chi connectivity index (χ3v) is 5.30. The van der Waals surface area contributed by atoms with Crippen LogP contribution in [0.4, 0.5) is 0 Å². The quantitative estimate of drug-likeness (QED) is 0.730. The number of carbonyl (C=O) groups is 1. The summed E-state index contributed by atoms with van der Waals surface area (Å²) in [5.41, 5.74) is 1.25. The van der Waals surface area contributed by atoms with Crippen molar-refractivity contribution in [3.8, 4) is 0 Å². The summed E-state index contributed by atoms with van der Waals surface area (Å²) < 4.78 is 11.0. The second-order valence-corrected chi connectivity index (χ2v) is 7.41. The second kappa shape index (κ2) is 6.57. The highest BCUT2D eigenvalue weighted by Crippen LogP contribution is 2.17. The number of benzene rings is 1. The van der Waals surface area contributed by atoms with Crippen LogP contribution in [0.5, 0.6) is 0 Å². The fraction of sp³-hybridized carbons (Fsp3) is 0.462. The van der Waals surface area contributed by atoms with Gasteiger partial charge >= 0.3 is 8.56 Å². The van der Waals surface area contributed by atoms with E-state index in [0.717, 1.165) is 12.5 Å². The second-order valence-electron chi connectivity index (χ2n) is 4.15. The van der Waals surface area contributed by atoms with Gasteiger partial charge in [0, 0.05) is 19.6 Å². The average Bonchev–Trinajstić information content (AvgIpc) is 2.27. The number of rotatable bonds is 6. The summed E-state index contributed by atoms with van der Waals surface area (Å²) in [7, 11) is -2.34. The lowest BCUT2D eigenvalue weighted by molar-refractivity contribution is -0.134. The van der Waals surface area contributed by atoms with Crippen molar-refractivity contribution in [1.82, 2.24) is 0 Å². The van der Waals surface area contributed by atoms with E-state index in [0.29, 0.717) is 6.61 Å². The average molecular weight is 252 g/mol. The van der Waals surface area contributed by atoms with Crippen molar-refractivity contribution in [3.05, 3.63) is 35.9 Å². The van der Waals surface area contributed by atoms with Crippen LogP contribution in [-0.4, -0.2) is 21.1 Å². The minimum absolute atomic E-state index is 0.249. The van der Waals surface area contributed by atoms with Crippen molar-refractivity contribution < 1.29 is 13.6 Å². The SMILES string of the molecule is CCO[Si](C)(CCc1ccccc1)OC(C)=O. The van der Waals surface area contributed by atoms with E-state index >= 15 is 0 Å². The fourth-order valence-electron chi connectivity index (χ4n) is 1.78. The molecule has 0 heterocycles. The number of carbonyl (C=O) groups excluding carboxylic acids is 1. The molecular weight excluding hydrogens is 232 g/mol. The van der Waals surface area contributed by atoms with Crippen LogP contribution < -0.4 is 0 Å². The first-order chi connectivity index (χ1) is 8.06. The summed E-state index contributed by atoms with van der Waals surface area (Å²) in [6.45, 7) is 5.90. The summed E-state index contributed by atoms with van der Waals surface area (Å²) in [5, 5.41) is 0. The van der Waals surface area contributed by atoms with Crippen LogP contribution >= 0.6 is 0 Å². The topological polar surface area (TPSA) is 35.5 Å². The van der Waals surface area contributed by atoms with E-state index in [2.05, 4.69) is 12.1 Å². The van der Waals surface area contributed by atoms with Gasteiger partial charge in [0.15, 0.2) is 0 Å². The van der Waals surface area contributed by atoms with Crippen LogP contribution in [-0.2, 0) is 20.1 Å². The maximum absolute atomic E-state index is 11.1. The third kappa shape index (κ3) is 5.15. The zero-order valence-electron chi connectivity index (χ0n) is 10.7. The van der Waals surface area contributed by atoms with Gasteiger partial charge in [-0.2, -0.15) is 0 Å². The first-order valence-electron chi connectivity index (χ1n) is 5.93. The third-order valence-electron chi connectivity index (χ3n) is 2.52. The first kappa shape index (κ1) is 13.9. The molecule has 0 fully saturated rings. The Morgan fingerprint density at radius 2 is 1.94 bits per heavy atom. The zero-order valence-corrected chi connectivity index (χ0v) is 11.7. The Hall–Kier alpha value is -1.13. The van der Waals surface area contributed by atoms with Gasteiger partial charge in [-0.1, -0.05) is 30.3 Å². The molecule has 1 unspecified atom stereocenters. The highest BCUT2D eigenvalue weighted by Gasteiger charge is 2.33. The summed E-state index contributed by atoms with van der Waals surface area (Å²) in [6.07, 6.45) is 0.886. The maximum atomic E-state index is 11.1. The Morgan fingerprint density at radius 3 is 2.47 bits per heavy atom. The van der Waals surface area contributed by atoms with Gasteiger partial charge in [-0.15, -0.1) is 0 Å². The molecule has 1 rings (SSSR count). The van der Waals surface area contributed by atoms with Crippen molar-refractivity contribution >= 4 is 14.5 Å². The van der Waals surface area contributed by atoms with Crippen molar-refractivity contribution in [3.63, 3.8) is 0 Å². The maximum Gasteiger partial charge on any atom is 0.398 e. The van der Waals surface area contributed by atoms with Crippen LogP contribution in [0.15, 0.2) is 30.3 Å². The number of hydrogen-bond acceptors (Lipinski definition) is 3. The van der Waals surface area contributed by atoms with Gasteiger partial charge in [-0.05, 0) is 25.5 Å². The number of aryl methyl sites for hydroxylation is 1. The molecule has 0 spiro atoms.